The van der Waals surface area contributed by atoms with Gasteiger partial charge < -0.3 is 15.5 Å². The smallest absolute Gasteiger partial charge is 0.225 e. The summed E-state index contributed by atoms with van der Waals surface area (Å²) >= 11 is 0. The molecule has 2 fully saturated rings. The second-order valence-electron chi connectivity index (χ2n) is 6.92. The molecule has 6 nitrogen and oxygen atoms in total. The number of rotatable bonds is 6. The predicted molar refractivity (Wildman–Crippen MR) is 97.0 cm³/mol. The molecule has 0 spiro atoms. The van der Waals surface area contributed by atoms with Crippen LogP contribution in [-0.4, -0.2) is 67.4 Å². The number of hydrogen-bond donors (Lipinski definition) is 2. The zero-order valence-corrected chi connectivity index (χ0v) is 14.9. The summed E-state index contributed by atoms with van der Waals surface area (Å²) in [6.07, 6.45) is 0.316. The van der Waals surface area contributed by atoms with E-state index in [2.05, 4.69) is 15.5 Å². The van der Waals surface area contributed by atoms with E-state index in [1.54, 1.807) is 0 Å². The fraction of sp³-hybridized carbons (Fsp3) is 0.579. The van der Waals surface area contributed by atoms with Crippen molar-refractivity contribution in [3.8, 4) is 0 Å². The van der Waals surface area contributed by atoms with E-state index in [1.165, 1.54) is 0 Å². The van der Waals surface area contributed by atoms with Gasteiger partial charge in [-0.3, -0.25) is 14.5 Å². The minimum Gasteiger partial charge on any atom is -0.355 e. The van der Waals surface area contributed by atoms with Gasteiger partial charge in [0.25, 0.3) is 0 Å². The number of nitrogens with one attached hydrogen (secondary N) is 2. The molecule has 0 radical (unpaired) electrons. The summed E-state index contributed by atoms with van der Waals surface area (Å²) in [7, 11) is 0. The van der Waals surface area contributed by atoms with Crippen molar-refractivity contribution in [1.82, 2.24) is 20.4 Å². The Bertz CT molecular complexity index is 586. The second kappa shape index (κ2) is 8.45. The van der Waals surface area contributed by atoms with Crippen LogP contribution in [-0.2, 0) is 9.59 Å². The number of carbonyl (C=O) groups excluding carboxylic acids is 2. The number of carbonyl (C=O) groups is 2. The van der Waals surface area contributed by atoms with Gasteiger partial charge in [-0.1, -0.05) is 30.3 Å². The Hall–Kier alpha value is -1.92. The maximum absolute atomic E-state index is 12.4. The first-order valence-electron chi connectivity index (χ1n) is 9.20. The molecule has 0 bridgehead atoms. The summed E-state index contributed by atoms with van der Waals surface area (Å²) in [5.74, 6) is -0.161. The minimum atomic E-state index is -0.235. The van der Waals surface area contributed by atoms with E-state index in [0.717, 1.165) is 38.3 Å². The molecule has 2 aliphatic rings. The zero-order chi connectivity index (χ0) is 17.6. The van der Waals surface area contributed by atoms with Crippen LogP contribution in [0, 0.1) is 5.92 Å². The SMILES string of the molecule is CC(c1ccccc1)N1CC(C(=O)NCCN2CCNCC2)CC1=O. The zero-order valence-electron chi connectivity index (χ0n) is 14.9. The van der Waals surface area contributed by atoms with Crippen LogP contribution in [0.4, 0.5) is 0 Å². The van der Waals surface area contributed by atoms with Crippen molar-refractivity contribution in [2.75, 3.05) is 45.8 Å². The van der Waals surface area contributed by atoms with E-state index in [-0.39, 0.29) is 23.8 Å². The number of amides is 2. The summed E-state index contributed by atoms with van der Waals surface area (Å²) in [4.78, 5) is 28.9. The Labute approximate surface area is 149 Å². The van der Waals surface area contributed by atoms with Gasteiger partial charge in [0, 0.05) is 52.2 Å². The van der Waals surface area contributed by atoms with Crippen LogP contribution in [0.2, 0.25) is 0 Å². The highest BCUT2D eigenvalue weighted by molar-refractivity contribution is 5.89. The lowest BCUT2D eigenvalue weighted by Gasteiger charge is -2.27. The van der Waals surface area contributed by atoms with Crippen molar-refractivity contribution in [2.24, 2.45) is 5.92 Å². The lowest BCUT2D eigenvalue weighted by molar-refractivity contribution is -0.130. The summed E-state index contributed by atoms with van der Waals surface area (Å²) in [6.45, 7) is 8.14. The molecule has 2 heterocycles. The molecule has 6 heteroatoms. The standard InChI is InChI=1S/C19H28N4O2/c1-15(16-5-3-2-4-6-16)23-14-17(13-18(23)24)19(25)21-9-12-22-10-7-20-8-11-22/h2-6,15,17,20H,7-14H2,1H3,(H,21,25). The van der Waals surface area contributed by atoms with Crippen LogP contribution in [0.5, 0.6) is 0 Å². The summed E-state index contributed by atoms with van der Waals surface area (Å²) < 4.78 is 0. The Balaban J connectivity index is 1.47. The Kier molecular flexibility index (Phi) is 6.04. The van der Waals surface area contributed by atoms with Crippen LogP contribution in [0.15, 0.2) is 30.3 Å². The van der Waals surface area contributed by atoms with Crippen LogP contribution >= 0.6 is 0 Å². The molecule has 2 saturated heterocycles. The molecule has 1 aromatic carbocycles. The lowest BCUT2D eigenvalue weighted by atomic mass is 10.1. The van der Waals surface area contributed by atoms with E-state index in [0.29, 0.717) is 19.5 Å². The largest absolute Gasteiger partial charge is 0.355 e. The van der Waals surface area contributed by atoms with E-state index in [4.69, 9.17) is 0 Å². The Morgan fingerprint density at radius 2 is 2.00 bits per heavy atom. The molecular formula is C19H28N4O2. The van der Waals surface area contributed by atoms with Gasteiger partial charge in [0.1, 0.15) is 0 Å². The highest BCUT2D eigenvalue weighted by atomic mass is 16.2. The maximum Gasteiger partial charge on any atom is 0.225 e. The highest BCUT2D eigenvalue weighted by Gasteiger charge is 2.36. The van der Waals surface area contributed by atoms with Crippen molar-refractivity contribution in [3.05, 3.63) is 35.9 Å². The van der Waals surface area contributed by atoms with Crippen molar-refractivity contribution >= 4 is 11.8 Å². The van der Waals surface area contributed by atoms with Crippen molar-refractivity contribution in [3.63, 3.8) is 0 Å². The first-order chi connectivity index (χ1) is 12.1. The van der Waals surface area contributed by atoms with Gasteiger partial charge in [-0.25, -0.2) is 0 Å². The van der Waals surface area contributed by atoms with Gasteiger partial charge in [-0.15, -0.1) is 0 Å². The average Bonchev–Trinajstić information content (AvgIpc) is 3.04. The number of piperazine rings is 1. The predicted octanol–water partition coefficient (Wildman–Crippen LogP) is 0.618. The van der Waals surface area contributed by atoms with Gasteiger partial charge in [-0.05, 0) is 12.5 Å². The summed E-state index contributed by atoms with van der Waals surface area (Å²) in [5, 5.41) is 6.33. The molecule has 3 rings (SSSR count). The average molecular weight is 344 g/mol. The molecular weight excluding hydrogens is 316 g/mol. The van der Waals surface area contributed by atoms with Crippen LogP contribution < -0.4 is 10.6 Å². The van der Waals surface area contributed by atoms with Crippen LogP contribution in [0.25, 0.3) is 0 Å². The molecule has 0 saturated carbocycles. The third-order valence-electron chi connectivity index (χ3n) is 5.22. The normalized spacial score (nSPS) is 22.8. The number of benzene rings is 1. The van der Waals surface area contributed by atoms with Crippen molar-refractivity contribution in [2.45, 2.75) is 19.4 Å². The Morgan fingerprint density at radius 3 is 2.72 bits per heavy atom. The highest BCUT2D eigenvalue weighted by Crippen LogP contribution is 2.28. The van der Waals surface area contributed by atoms with Gasteiger partial charge in [0.2, 0.25) is 11.8 Å². The van der Waals surface area contributed by atoms with Crippen molar-refractivity contribution < 1.29 is 9.59 Å². The third kappa shape index (κ3) is 4.58. The quantitative estimate of drug-likeness (QED) is 0.794. The van der Waals surface area contributed by atoms with Crippen molar-refractivity contribution in [1.29, 1.82) is 0 Å². The van der Waals surface area contributed by atoms with Crippen LogP contribution in [0.3, 0.4) is 0 Å². The van der Waals surface area contributed by atoms with Crippen LogP contribution in [0.1, 0.15) is 24.9 Å². The first kappa shape index (κ1) is 17.9. The molecule has 2 aliphatic heterocycles. The minimum absolute atomic E-state index is 0.00578. The first-order valence-corrected chi connectivity index (χ1v) is 9.20. The maximum atomic E-state index is 12.4. The molecule has 0 aromatic heterocycles. The van der Waals surface area contributed by atoms with Gasteiger partial charge in [0.15, 0.2) is 0 Å². The molecule has 2 amide bonds. The van der Waals surface area contributed by atoms with Gasteiger partial charge in [-0.2, -0.15) is 0 Å². The van der Waals surface area contributed by atoms with E-state index >= 15 is 0 Å². The second-order valence-corrected chi connectivity index (χ2v) is 6.92. The van der Waals surface area contributed by atoms with E-state index in [9.17, 15) is 9.59 Å². The fourth-order valence-electron chi connectivity index (χ4n) is 3.61. The Morgan fingerprint density at radius 1 is 1.28 bits per heavy atom. The van der Waals surface area contributed by atoms with E-state index < -0.39 is 0 Å². The molecule has 25 heavy (non-hydrogen) atoms. The van der Waals surface area contributed by atoms with E-state index in [1.807, 2.05) is 42.2 Å². The van der Waals surface area contributed by atoms with Gasteiger partial charge in [0.05, 0.1) is 12.0 Å². The lowest BCUT2D eigenvalue weighted by Crippen LogP contribution is -2.46. The molecule has 136 valence electrons. The fourth-order valence-corrected chi connectivity index (χ4v) is 3.61. The molecule has 2 unspecified atom stereocenters. The number of hydrogen-bond acceptors (Lipinski definition) is 4. The number of likely N-dealkylation sites (tertiary alicyclic amines) is 1. The number of nitrogens with zero attached hydrogens (tertiary/aromatic N) is 2. The topological polar surface area (TPSA) is 64.7 Å². The molecule has 2 N–H and O–H groups in total. The monoisotopic (exact) mass is 344 g/mol. The van der Waals surface area contributed by atoms with Gasteiger partial charge >= 0.3 is 0 Å². The molecule has 1 aromatic rings. The summed E-state index contributed by atoms with van der Waals surface area (Å²) in [5.41, 5.74) is 1.11. The molecule has 0 aliphatic carbocycles. The molecule has 2 atom stereocenters. The summed E-state index contributed by atoms with van der Waals surface area (Å²) in [6, 6.07) is 9.99. The third-order valence-corrected chi connectivity index (χ3v) is 5.22.